The van der Waals surface area contributed by atoms with Crippen LogP contribution in [0.15, 0.2) is 9.52 Å². The van der Waals surface area contributed by atoms with E-state index < -0.39 is 0 Å². The maximum Gasteiger partial charge on any atom is 0.193 e. The summed E-state index contributed by atoms with van der Waals surface area (Å²) in [4.78, 5) is 7.22. The average molecular weight is 306 g/mol. The quantitative estimate of drug-likeness (QED) is 0.671. The number of nitrogens with one attached hydrogen (secondary N) is 1. The molecule has 0 radical (unpaired) electrons. The van der Waals surface area contributed by atoms with Gasteiger partial charge in [-0.2, -0.15) is 0 Å². The first-order valence-corrected chi connectivity index (χ1v) is 8.44. The molecule has 124 valence electrons. The molecule has 0 aliphatic carbocycles. The zero-order chi connectivity index (χ0) is 16.2. The number of aromatic nitrogens is 1. The predicted molar refractivity (Wildman–Crippen MR) is 90.2 cm³/mol. The third kappa shape index (κ3) is 3.81. The molecule has 1 aliphatic rings. The van der Waals surface area contributed by atoms with Gasteiger partial charge in [0.2, 0.25) is 0 Å². The lowest BCUT2D eigenvalue weighted by Gasteiger charge is -2.25. The molecule has 0 amide bonds. The van der Waals surface area contributed by atoms with Gasteiger partial charge < -0.3 is 14.7 Å². The Morgan fingerprint density at radius 1 is 1.41 bits per heavy atom. The van der Waals surface area contributed by atoms with E-state index in [1.807, 2.05) is 13.8 Å². The Labute approximate surface area is 134 Å². The van der Waals surface area contributed by atoms with Crippen molar-refractivity contribution in [3.8, 4) is 0 Å². The normalized spacial score (nSPS) is 22.4. The summed E-state index contributed by atoms with van der Waals surface area (Å²) in [5, 5.41) is 7.44. The highest BCUT2D eigenvalue weighted by Crippen LogP contribution is 2.32. The Hall–Kier alpha value is -1.52. The highest BCUT2D eigenvalue weighted by Gasteiger charge is 2.33. The summed E-state index contributed by atoms with van der Waals surface area (Å²) in [5.74, 6) is 1.96. The van der Waals surface area contributed by atoms with Crippen LogP contribution in [0.25, 0.3) is 0 Å². The zero-order valence-corrected chi connectivity index (χ0v) is 14.7. The van der Waals surface area contributed by atoms with Gasteiger partial charge in [-0.1, -0.05) is 19.0 Å². The first-order chi connectivity index (χ1) is 10.5. The number of aryl methyl sites for hydroxylation is 2. The van der Waals surface area contributed by atoms with Gasteiger partial charge in [-0.3, -0.25) is 4.99 Å². The van der Waals surface area contributed by atoms with Crippen LogP contribution in [0.4, 0.5) is 0 Å². The molecule has 1 N–H and O–H groups in total. The zero-order valence-electron chi connectivity index (χ0n) is 14.7. The Kier molecular flexibility index (Phi) is 5.48. The molecular formula is C17H30N4O. The first kappa shape index (κ1) is 16.8. The van der Waals surface area contributed by atoms with Gasteiger partial charge in [0.1, 0.15) is 5.76 Å². The molecule has 1 saturated heterocycles. The van der Waals surface area contributed by atoms with Gasteiger partial charge in [0.25, 0.3) is 0 Å². The number of aliphatic imine (C=N–C) groups is 1. The summed E-state index contributed by atoms with van der Waals surface area (Å²) < 4.78 is 5.22. The van der Waals surface area contributed by atoms with Crippen LogP contribution in [0.5, 0.6) is 0 Å². The largest absolute Gasteiger partial charge is 0.361 e. The Morgan fingerprint density at radius 3 is 2.73 bits per heavy atom. The standard InChI is InChI=1S/C17H30N4O/c1-6-17(5)9-11-21(12-17)16(18-7-2)19-10-8-15-13(3)20-22-14(15)4/h6-12H2,1-5H3,(H,18,19). The summed E-state index contributed by atoms with van der Waals surface area (Å²) in [6, 6.07) is 0. The summed E-state index contributed by atoms with van der Waals surface area (Å²) in [6.45, 7) is 14.6. The maximum absolute atomic E-state index is 5.22. The number of guanidine groups is 1. The second-order valence-electron chi connectivity index (χ2n) is 6.62. The van der Waals surface area contributed by atoms with Crippen LogP contribution in [0.1, 0.15) is 50.6 Å². The van der Waals surface area contributed by atoms with Crippen LogP contribution in [0, 0.1) is 19.3 Å². The summed E-state index contributed by atoms with van der Waals surface area (Å²) >= 11 is 0. The van der Waals surface area contributed by atoms with Crippen molar-refractivity contribution in [2.45, 2.75) is 53.9 Å². The van der Waals surface area contributed by atoms with E-state index in [4.69, 9.17) is 9.52 Å². The Morgan fingerprint density at radius 2 is 2.18 bits per heavy atom. The van der Waals surface area contributed by atoms with Crippen molar-refractivity contribution in [2.24, 2.45) is 10.4 Å². The van der Waals surface area contributed by atoms with Crippen LogP contribution in [-0.4, -0.2) is 42.2 Å². The molecule has 0 aromatic carbocycles. The molecule has 2 heterocycles. The topological polar surface area (TPSA) is 53.7 Å². The van der Waals surface area contributed by atoms with E-state index in [9.17, 15) is 0 Å². The lowest BCUT2D eigenvalue weighted by molar-refractivity contribution is 0.322. The highest BCUT2D eigenvalue weighted by atomic mass is 16.5. The van der Waals surface area contributed by atoms with Crippen molar-refractivity contribution in [2.75, 3.05) is 26.2 Å². The monoisotopic (exact) mass is 306 g/mol. The fourth-order valence-corrected chi connectivity index (χ4v) is 3.05. The number of hydrogen-bond donors (Lipinski definition) is 1. The van der Waals surface area contributed by atoms with Gasteiger partial charge in [0.05, 0.1) is 5.69 Å². The molecule has 5 heteroatoms. The Bertz CT molecular complexity index is 503. The number of rotatable bonds is 5. The molecule has 5 nitrogen and oxygen atoms in total. The maximum atomic E-state index is 5.22. The molecule has 0 bridgehead atoms. The summed E-state index contributed by atoms with van der Waals surface area (Å²) in [6.07, 6.45) is 3.36. The van der Waals surface area contributed by atoms with E-state index in [0.29, 0.717) is 5.41 Å². The van der Waals surface area contributed by atoms with Crippen LogP contribution < -0.4 is 5.32 Å². The third-order valence-electron chi connectivity index (χ3n) is 4.85. The summed E-state index contributed by atoms with van der Waals surface area (Å²) in [5.41, 5.74) is 2.61. The van der Waals surface area contributed by atoms with E-state index in [-0.39, 0.29) is 0 Å². The lowest BCUT2D eigenvalue weighted by atomic mass is 9.87. The van der Waals surface area contributed by atoms with Crippen molar-refractivity contribution in [1.82, 2.24) is 15.4 Å². The number of nitrogens with zero attached hydrogens (tertiary/aromatic N) is 3. The minimum Gasteiger partial charge on any atom is -0.361 e. The van der Waals surface area contributed by atoms with E-state index in [1.165, 1.54) is 18.4 Å². The third-order valence-corrected chi connectivity index (χ3v) is 4.85. The predicted octanol–water partition coefficient (Wildman–Crippen LogP) is 2.92. The molecule has 1 atom stereocenters. The van der Waals surface area contributed by atoms with Gasteiger partial charge >= 0.3 is 0 Å². The highest BCUT2D eigenvalue weighted by molar-refractivity contribution is 5.80. The van der Waals surface area contributed by atoms with Crippen LogP contribution in [0.3, 0.4) is 0 Å². The number of hydrogen-bond acceptors (Lipinski definition) is 3. The van der Waals surface area contributed by atoms with Gasteiger partial charge in [0.15, 0.2) is 5.96 Å². The first-order valence-electron chi connectivity index (χ1n) is 8.44. The molecule has 1 aliphatic heterocycles. The van der Waals surface area contributed by atoms with Crippen LogP contribution in [0.2, 0.25) is 0 Å². The molecule has 1 aromatic heterocycles. The van der Waals surface area contributed by atoms with E-state index in [0.717, 1.165) is 50.0 Å². The molecule has 0 spiro atoms. The van der Waals surface area contributed by atoms with E-state index in [1.54, 1.807) is 0 Å². The minimum absolute atomic E-state index is 0.428. The molecule has 0 saturated carbocycles. The molecule has 1 aromatic rings. The van der Waals surface area contributed by atoms with Crippen molar-refractivity contribution < 1.29 is 4.52 Å². The summed E-state index contributed by atoms with van der Waals surface area (Å²) in [7, 11) is 0. The average Bonchev–Trinajstić information content (AvgIpc) is 3.04. The van der Waals surface area contributed by atoms with E-state index in [2.05, 4.69) is 36.1 Å². The van der Waals surface area contributed by atoms with Crippen LogP contribution in [-0.2, 0) is 6.42 Å². The molecule has 2 rings (SSSR count). The second-order valence-corrected chi connectivity index (χ2v) is 6.62. The minimum atomic E-state index is 0.428. The van der Waals surface area contributed by atoms with Crippen molar-refractivity contribution >= 4 is 5.96 Å². The van der Waals surface area contributed by atoms with E-state index >= 15 is 0 Å². The fraction of sp³-hybridized carbons (Fsp3) is 0.765. The van der Waals surface area contributed by atoms with Gasteiger partial charge in [-0.25, -0.2) is 0 Å². The molecular weight excluding hydrogens is 276 g/mol. The molecule has 1 unspecified atom stereocenters. The molecule has 22 heavy (non-hydrogen) atoms. The smallest absolute Gasteiger partial charge is 0.193 e. The lowest BCUT2D eigenvalue weighted by Crippen LogP contribution is -2.41. The van der Waals surface area contributed by atoms with Gasteiger partial charge in [0, 0.05) is 31.7 Å². The van der Waals surface area contributed by atoms with Crippen molar-refractivity contribution in [3.05, 3.63) is 17.0 Å². The van der Waals surface area contributed by atoms with Crippen LogP contribution >= 0.6 is 0 Å². The SMILES string of the molecule is CCNC(=NCCc1c(C)noc1C)N1CCC(C)(CC)C1. The van der Waals surface area contributed by atoms with Gasteiger partial charge in [-0.05, 0) is 45.4 Å². The van der Waals surface area contributed by atoms with Crippen molar-refractivity contribution in [3.63, 3.8) is 0 Å². The van der Waals surface area contributed by atoms with Crippen molar-refractivity contribution in [1.29, 1.82) is 0 Å². The second kappa shape index (κ2) is 7.16. The number of likely N-dealkylation sites (tertiary alicyclic amines) is 1. The Balaban J connectivity index is 1.99. The van der Waals surface area contributed by atoms with Gasteiger partial charge in [-0.15, -0.1) is 0 Å². The fourth-order valence-electron chi connectivity index (χ4n) is 3.05. The molecule has 1 fully saturated rings.